The van der Waals surface area contributed by atoms with Gasteiger partial charge in [0.15, 0.2) is 0 Å². The Balaban J connectivity index is 1.42. The van der Waals surface area contributed by atoms with Crippen molar-refractivity contribution in [2.24, 2.45) is 5.92 Å². The molecule has 5 heteroatoms. The molecule has 1 amide bonds. The molecule has 2 heterocycles. The molecule has 2 aliphatic rings. The largest absolute Gasteiger partial charge is 0.489 e. The van der Waals surface area contributed by atoms with E-state index in [0.717, 1.165) is 19.3 Å². The number of benzene rings is 1. The highest BCUT2D eigenvalue weighted by Crippen LogP contribution is 2.32. The van der Waals surface area contributed by atoms with Gasteiger partial charge in [0.25, 0.3) is 0 Å². The van der Waals surface area contributed by atoms with Gasteiger partial charge in [-0.05, 0) is 50.2 Å². The number of hydrogen-bond donors (Lipinski definition) is 2. The number of ether oxygens (including phenoxy) is 1. The van der Waals surface area contributed by atoms with Crippen LogP contribution in [0.3, 0.4) is 0 Å². The lowest BCUT2D eigenvalue weighted by molar-refractivity contribution is -0.122. The van der Waals surface area contributed by atoms with Gasteiger partial charge in [-0.1, -0.05) is 13.0 Å². The first-order chi connectivity index (χ1) is 11.6. The average Bonchev–Trinajstić information content (AvgIpc) is 2.90. The smallest absolute Gasteiger partial charge is 0.220 e. The van der Waals surface area contributed by atoms with Crippen LogP contribution in [-0.4, -0.2) is 30.6 Å². The number of amides is 1. The van der Waals surface area contributed by atoms with Crippen LogP contribution in [0.2, 0.25) is 0 Å². The van der Waals surface area contributed by atoms with Crippen LogP contribution in [-0.2, 0) is 4.79 Å². The first kappa shape index (κ1) is 17.2. The zero-order valence-electron chi connectivity index (χ0n) is 14.3. The molecule has 132 valence electrons. The minimum absolute atomic E-state index is 0.0996. The second-order valence-corrected chi connectivity index (χ2v) is 7.09. The van der Waals surface area contributed by atoms with Gasteiger partial charge in [-0.2, -0.15) is 0 Å². The van der Waals surface area contributed by atoms with Crippen molar-refractivity contribution in [2.75, 3.05) is 6.54 Å². The number of halogens is 1. The third-order valence-electron chi connectivity index (χ3n) is 5.13. The molecule has 2 saturated heterocycles. The molecule has 0 aliphatic carbocycles. The third kappa shape index (κ3) is 4.69. The molecule has 4 nitrogen and oxygen atoms in total. The number of nitrogens with one attached hydrogen (secondary N) is 2. The standard InChI is InChI=1S/C19H27FN2O2/c1-2-17(24-18-5-3-4-14(20)11-18)12-21-19(23)10-13-8-15-6-7-16(9-13)22-15/h3-5,11,13,15-17,22H,2,6-10,12H2,1H3,(H,21,23). The molecule has 3 unspecified atom stereocenters. The Morgan fingerprint density at radius 1 is 1.38 bits per heavy atom. The molecule has 3 rings (SSSR count). The minimum atomic E-state index is -0.313. The minimum Gasteiger partial charge on any atom is -0.489 e. The molecule has 0 saturated carbocycles. The van der Waals surface area contributed by atoms with Crippen molar-refractivity contribution >= 4 is 5.91 Å². The molecule has 2 N–H and O–H groups in total. The molecule has 24 heavy (non-hydrogen) atoms. The van der Waals surface area contributed by atoms with Crippen LogP contribution in [0.1, 0.15) is 45.4 Å². The van der Waals surface area contributed by atoms with Gasteiger partial charge in [0.05, 0.1) is 6.54 Å². The Labute approximate surface area is 143 Å². The molecule has 0 radical (unpaired) electrons. The van der Waals surface area contributed by atoms with Crippen molar-refractivity contribution in [1.29, 1.82) is 0 Å². The fourth-order valence-electron chi connectivity index (χ4n) is 3.91. The lowest BCUT2D eigenvalue weighted by Gasteiger charge is -2.28. The van der Waals surface area contributed by atoms with Crippen molar-refractivity contribution in [3.05, 3.63) is 30.1 Å². The second kappa shape index (κ2) is 7.97. The van der Waals surface area contributed by atoms with Crippen LogP contribution in [0.5, 0.6) is 5.75 Å². The second-order valence-electron chi connectivity index (χ2n) is 7.09. The summed E-state index contributed by atoms with van der Waals surface area (Å²) in [7, 11) is 0. The van der Waals surface area contributed by atoms with E-state index in [1.807, 2.05) is 6.92 Å². The number of carbonyl (C=O) groups excluding carboxylic acids is 1. The van der Waals surface area contributed by atoms with E-state index in [2.05, 4.69) is 10.6 Å². The van der Waals surface area contributed by atoms with Crippen molar-refractivity contribution in [2.45, 2.75) is 63.6 Å². The summed E-state index contributed by atoms with van der Waals surface area (Å²) in [6, 6.07) is 7.35. The van der Waals surface area contributed by atoms with Gasteiger partial charge in [-0.3, -0.25) is 4.79 Å². The normalized spacial score (nSPS) is 26.8. The van der Waals surface area contributed by atoms with E-state index >= 15 is 0 Å². The molecule has 2 fully saturated rings. The van der Waals surface area contributed by atoms with Gasteiger partial charge in [0, 0.05) is 24.6 Å². The van der Waals surface area contributed by atoms with Crippen molar-refractivity contribution in [3.63, 3.8) is 0 Å². The Hall–Kier alpha value is -1.62. The Morgan fingerprint density at radius 2 is 2.12 bits per heavy atom. The third-order valence-corrected chi connectivity index (χ3v) is 5.13. The highest BCUT2D eigenvalue weighted by Gasteiger charge is 2.34. The summed E-state index contributed by atoms with van der Waals surface area (Å²) in [4.78, 5) is 12.2. The van der Waals surface area contributed by atoms with Crippen LogP contribution in [0.15, 0.2) is 24.3 Å². The van der Waals surface area contributed by atoms with Gasteiger partial charge in [0.1, 0.15) is 17.7 Å². The molecule has 0 aromatic heterocycles. The van der Waals surface area contributed by atoms with E-state index < -0.39 is 0 Å². The summed E-state index contributed by atoms with van der Waals surface area (Å²) >= 11 is 0. The average molecular weight is 334 g/mol. The van der Waals surface area contributed by atoms with Crippen LogP contribution < -0.4 is 15.4 Å². The highest BCUT2D eigenvalue weighted by atomic mass is 19.1. The van der Waals surface area contributed by atoms with Gasteiger partial charge < -0.3 is 15.4 Å². The topological polar surface area (TPSA) is 50.4 Å². The van der Waals surface area contributed by atoms with Crippen molar-refractivity contribution < 1.29 is 13.9 Å². The number of piperidine rings is 1. The lowest BCUT2D eigenvalue weighted by atomic mass is 9.89. The van der Waals surface area contributed by atoms with Crippen LogP contribution in [0.25, 0.3) is 0 Å². The van der Waals surface area contributed by atoms with Crippen LogP contribution >= 0.6 is 0 Å². The van der Waals surface area contributed by atoms with Gasteiger partial charge >= 0.3 is 0 Å². The maximum absolute atomic E-state index is 13.2. The Morgan fingerprint density at radius 3 is 2.79 bits per heavy atom. The maximum Gasteiger partial charge on any atom is 0.220 e. The molecular formula is C19H27FN2O2. The zero-order chi connectivity index (χ0) is 16.9. The summed E-state index contributed by atoms with van der Waals surface area (Å²) in [6.07, 6.45) is 5.95. The fraction of sp³-hybridized carbons (Fsp3) is 0.632. The van der Waals surface area contributed by atoms with E-state index in [0.29, 0.717) is 36.7 Å². The summed E-state index contributed by atoms with van der Waals surface area (Å²) in [5, 5.41) is 6.59. The molecule has 3 atom stereocenters. The first-order valence-corrected chi connectivity index (χ1v) is 9.07. The Kier molecular flexibility index (Phi) is 5.72. The fourth-order valence-corrected chi connectivity index (χ4v) is 3.91. The van der Waals surface area contributed by atoms with E-state index in [4.69, 9.17) is 4.74 Å². The van der Waals surface area contributed by atoms with Gasteiger partial charge in [-0.25, -0.2) is 4.39 Å². The molecule has 2 aliphatic heterocycles. The Bertz CT molecular complexity index is 554. The predicted octanol–water partition coefficient (Wildman–Crippen LogP) is 3.02. The van der Waals surface area contributed by atoms with E-state index in [1.54, 1.807) is 12.1 Å². The predicted molar refractivity (Wildman–Crippen MR) is 91.4 cm³/mol. The quantitative estimate of drug-likeness (QED) is 0.806. The van der Waals surface area contributed by atoms with Crippen molar-refractivity contribution in [3.8, 4) is 5.75 Å². The van der Waals surface area contributed by atoms with Crippen LogP contribution in [0.4, 0.5) is 4.39 Å². The monoisotopic (exact) mass is 334 g/mol. The first-order valence-electron chi connectivity index (χ1n) is 9.07. The summed E-state index contributed by atoms with van der Waals surface area (Å²) in [5.41, 5.74) is 0. The molecule has 2 bridgehead atoms. The van der Waals surface area contributed by atoms with Gasteiger partial charge in [-0.15, -0.1) is 0 Å². The number of hydrogen-bond acceptors (Lipinski definition) is 3. The summed E-state index contributed by atoms with van der Waals surface area (Å²) in [6.45, 7) is 2.46. The number of rotatable bonds is 7. The number of fused-ring (bicyclic) bond motifs is 2. The highest BCUT2D eigenvalue weighted by molar-refractivity contribution is 5.76. The van der Waals surface area contributed by atoms with Gasteiger partial charge in [0.2, 0.25) is 5.91 Å². The summed E-state index contributed by atoms with van der Waals surface area (Å²) in [5.74, 6) is 0.786. The van der Waals surface area contributed by atoms with E-state index in [9.17, 15) is 9.18 Å². The summed E-state index contributed by atoms with van der Waals surface area (Å²) < 4.78 is 19.0. The van der Waals surface area contributed by atoms with Crippen LogP contribution in [0, 0.1) is 11.7 Å². The molecule has 1 aromatic rings. The van der Waals surface area contributed by atoms with E-state index in [-0.39, 0.29) is 17.8 Å². The number of carbonyl (C=O) groups is 1. The molecular weight excluding hydrogens is 307 g/mol. The van der Waals surface area contributed by atoms with Crippen molar-refractivity contribution in [1.82, 2.24) is 10.6 Å². The SMILES string of the molecule is CCC(CNC(=O)CC1CC2CCC(C1)N2)Oc1cccc(F)c1. The molecule has 0 spiro atoms. The van der Waals surface area contributed by atoms with E-state index in [1.165, 1.54) is 25.0 Å². The molecule has 1 aromatic carbocycles. The zero-order valence-corrected chi connectivity index (χ0v) is 14.3. The maximum atomic E-state index is 13.2. The lowest BCUT2D eigenvalue weighted by Crippen LogP contribution is -2.41.